The smallest absolute Gasteiger partial charge is 0.220 e. The van der Waals surface area contributed by atoms with Crippen molar-refractivity contribution in [3.05, 3.63) is 65.5 Å². The van der Waals surface area contributed by atoms with Crippen LogP contribution in [-0.2, 0) is 11.2 Å². The Balaban J connectivity index is 1.69. The Kier molecular flexibility index (Phi) is 7.80. The van der Waals surface area contributed by atoms with Gasteiger partial charge in [0.1, 0.15) is 11.6 Å². The quantitative estimate of drug-likeness (QED) is 0.656. The van der Waals surface area contributed by atoms with Gasteiger partial charge in [-0.1, -0.05) is 19.1 Å². The van der Waals surface area contributed by atoms with E-state index in [2.05, 4.69) is 5.32 Å². The molecule has 0 heterocycles. The number of ketones is 1. The Labute approximate surface area is 153 Å². The predicted molar refractivity (Wildman–Crippen MR) is 98.9 cm³/mol. The number of hydrogen-bond acceptors (Lipinski definition) is 3. The van der Waals surface area contributed by atoms with Gasteiger partial charge in [-0.2, -0.15) is 0 Å². The maximum Gasteiger partial charge on any atom is 0.220 e. The Morgan fingerprint density at radius 3 is 2.35 bits per heavy atom. The molecule has 0 saturated carbocycles. The molecule has 0 radical (unpaired) electrons. The zero-order valence-electron chi connectivity index (χ0n) is 15.0. The molecular weight excluding hydrogens is 333 g/mol. The Morgan fingerprint density at radius 1 is 1.00 bits per heavy atom. The molecule has 0 fully saturated rings. The highest BCUT2D eigenvalue weighted by atomic mass is 19.1. The molecule has 5 heteroatoms. The molecule has 4 nitrogen and oxygen atoms in total. The van der Waals surface area contributed by atoms with Crippen molar-refractivity contribution in [2.75, 3.05) is 13.2 Å². The molecule has 1 amide bonds. The van der Waals surface area contributed by atoms with Gasteiger partial charge in [0.2, 0.25) is 5.91 Å². The standard InChI is InChI=1S/C21H24FNO3/c1-2-15-26-19-9-5-17(6-10-19)20(24)11-12-21(25)23-14-13-16-3-7-18(22)8-4-16/h3-10H,2,11-15H2,1H3,(H,23,25). The van der Waals surface area contributed by atoms with Crippen molar-refractivity contribution in [2.24, 2.45) is 0 Å². The lowest BCUT2D eigenvalue weighted by molar-refractivity contribution is -0.121. The molecule has 0 spiro atoms. The van der Waals surface area contributed by atoms with E-state index in [4.69, 9.17) is 4.74 Å². The third kappa shape index (κ3) is 6.67. The second kappa shape index (κ2) is 10.3. The number of benzene rings is 2. The molecule has 26 heavy (non-hydrogen) atoms. The van der Waals surface area contributed by atoms with Crippen LogP contribution in [-0.4, -0.2) is 24.8 Å². The highest BCUT2D eigenvalue weighted by molar-refractivity contribution is 5.98. The molecule has 0 aliphatic heterocycles. The van der Waals surface area contributed by atoms with Gasteiger partial charge in [0.15, 0.2) is 5.78 Å². The number of ether oxygens (including phenoxy) is 1. The van der Waals surface area contributed by atoms with Gasteiger partial charge < -0.3 is 10.1 Å². The third-order valence-corrected chi connectivity index (χ3v) is 3.88. The molecule has 0 aromatic heterocycles. The molecule has 138 valence electrons. The number of carbonyl (C=O) groups excluding carboxylic acids is 2. The number of amides is 1. The molecular formula is C21H24FNO3. The molecule has 0 bridgehead atoms. The van der Waals surface area contributed by atoms with Crippen molar-refractivity contribution in [3.8, 4) is 5.75 Å². The van der Waals surface area contributed by atoms with Gasteiger partial charge in [-0.15, -0.1) is 0 Å². The van der Waals surface area contributed by atoms with Gasteiger partial charge in [0.05, 0.1) is 6.61 Å². The van der Waals surface area contributed by atoms with E-state index in [1.54, 1.807) is 36.4 Å². The van der Waals surface area contributed by atoms with E-state index in [9.17, 15) is 14.0 Å². The van der Waals surface area contributed by atoms with Gasteiger partial charge in [-0.05, 0) is 54.8 Å². The fourth-order valence-corrected chi connectivity index (χ4v) is 2.41. The van der Waals surface area contributed by atoms with Crippen LogP contribution >= 0.6 is 0 Å². The summed E-state index contributed by atoms with van der Waals surface area (Å²) < 4.78 is 18.3. The maximum absolute atomic E-state index is 12.8. The lowest BCUT2D eigenvalue weighted by Gasteiger charge is -2.07. The summed E-state index contributed by atoms with van der Waals surface area (Å²) >= 11 is 0. The van der Waals surface area contributed by atoms with Gasteiger partial charge in [-0.25, -0.2) is 4.39 Å². The van der Waals surface area contributed by atoms with Crippen molar-refractivity contribution in [3.63, 3.8) is 0 Å². The molecule has 0 aliphatic rings. The summed E-state index contributed by atoms with van der Waals surface area (Å²) in [6.45, 7) is 3.14. The van der Waals surface area contributed by atoms with E-state index in [1.807, 2.05) is 6.92 Å². The average Bonchev–Trinajstić information content (AvgIpc) is 2.66. The van der Waals surface area contributed by atoms with Gasteiger partial charge in [-0.3, -0.25) is 9.59 Å². The molecule has 0 unspecified atom stereocenters. The number of halogens is 1. The fourth-order valence-electron chi connectivity index (χ4n) is 2.41. The zero-order chi connectivity index (χ0) is 18.8. The minimum atomic E-state index is -0.277. The summed E-state index contributed by atoms with van der Waals surface area (Å²) in [5, 5.41) is 2.78. The van der Waals surface area contributed by atoms with Crippen LogP contribution in [0.4, 0.5) is 4.39 Å². The molecule has 0 saturated heterocycles. The van der Waals surface area contributed by atoms with Crippen molar-refractivity contribution in [1.82, 2.24) is 5.32 Å². The summed E-state index contributed by atoms with van der Waals surface area (Å²) in [7, 11) is 0. The summed E-state index contributed by atoms with van der Waals surface area (Å²) in [5.74, 6) is 0.229. The number of carbonyl (C=O) groups is 2. The van der Waals surface area contributed by atoms with Gasteiger partial charge in [0, 0.05) is 24.9 Å². The highest BCUT2D eigenvalue weighted by Crippen LogP contribution is 2.14. The Morgan fingerprint density at radius 2 is 1.69 bits per heavy atom. The van der Waals surface area contributed by atoms with Gasteiger partial charge in [0.25, 0.3) is 0 Å². The SMILES string of the molecule is CCCOc1ccc(C(=O)CCC(=O)NCCc2ccc(F)cc2)cc1. The molecule has 1 N–H and O–H groups in total. The molecule has 2 aromatic carbocycles. The number of rotatable bonds is 10. The first-order valence-electron chi connectivity index (χ1n) is 8.85. The van der Waals surface area contributed by atoms with Crippen molar-refractivity contribution < 1.29 is 18.7 Å². The lowest BCUT2D eigenvalue weighted by atomic mass is 10.1. The van der Waals surface area contributed by atoms with Crippen LogP contribution in [0.5, 0.6) is 5.75 Å². The zero-order valence-corrected chi connectivity index (χ0v) is 15.0. The maximum atomic E-state index is 12.8. The third-order valence-electron chi connectivity index (χ3n) is 3.88. The molecule has 0 atom stereocenters. The van der Waals surface area contributed by atoms with E-state index >= 15 is 0 Å². The molecule has 0 aliphatic carbocycles. The Hall–Kier alpha value is -2.69. The van der Waals surface area contributed by atoms with Crippen molar-refractivity contribution in [2.45, 2.75) is 32.6 Å². The second-order valence-electron chi connectivity index (χ2n) is 6.02. The molecule has 2 rings (SSSR count). The number of nitrogens with one attached hydrogen (secondary N) is 1. The summed E-state index contributed by atoms with van der Waals surface area (Å²) in [5.41, 5.74) is 1.53. The minimum Gasteiger partial charge on any atom is -0.494 e. The van der Waals surface area contributed by atoms with Gasteiger partial charge >= 0.3 is 0 Å². The van der Waals surface area contributed by atoms with E-state index in [1.165, 1.54) is 12.1 Å². The second-order valence-corrected chi connectivity index (χ2v) is 6.02. The number of hydrogen-bond donors (Lipinski definition) is 1. The van der Waals surface area contributed by atoms with Crippen LogP contribution in [0.15, 0.2) is 48.5 Å². The fraction of sp³-hybridized carbons (Fsp3) is 0.333. The van der Waals surface area contributed by atoms with Crippen LogP contribution in [0.1, 0.15) is 42.1 Å². The lowest BCUT2D eigenvalue weighted by Crippen LogP contribution is -2.26. The highest BCUT2D eigenvalue weighted by Gasteiger charge is 2.09. The summed E-state index contributed by atoms with van der Waals surface area (Å²) in [6.07, 6.45) is 1.87. The number of Topliss-reactive ketones (excluding diaryl/α,β-unsaturated/α-hetero) is 1. The van der Waals surface area contributed by atoms with Crippen LogP contribution < -0.4 is 10.1 Å². The normalized spacial score (nSPS) is 10.4. The molecule has 2 aromatic rings. The average molecular weight is 357 g/mol. The predicted octanol–water partition coefficient (Wildman–Crippen LogP) is 3.94. The largest absolute Gasteiger partial charge is 0.494 e. The monoisotopic (exact) mass is 357 g/mol. The topological polar surface area (TPSA) is 55.4 Å². The van der Waals surface area contributed by atoms with Crippen LogP contribution in [0.25, 0.3) is 0 Å². The van der Waals surface area contributed by atoms with E-state index in [0.717, 1.165) is 17.7 Å². The van der Waals surface area contributed by atoms with Crippen LogP contribution in [0, 0.1) is 5.82 Å². The van der Waals surface area contributed by atoms with E-state index in [-0.39, 0.29) is 30.3 Å². The van der Waals surface area contributed by atoms with Crippen molar-refractivity contribution >= 4 is 11.7 Å². The van der Waals surface area contributed by atoms with E-state index in [0.29, 0.717) is 25.1 Å². The Bertz CT molecular complexity index is 711. The van der Waals surface area contributed by atoms with E-state index < -0.39 is 0 Å². The van der Waals surface area contributed by atoms with Crippen LogP contribution in [0.3, 0.4) is 0 Å². The first-order valence-corrected chi connectivity index (χ1v) is 8.85. The minimum absolute atomic E-state index is 0.0688. The van der Waals surface area contributed by atoms with Crippen LogP contribution in [0.2, 0.25) is 0 Å². The summed E-state index contributed by atoms with van der Waals surface area (Å²) in [4.78, 5) is 24.0. The summed E-state index contributed by atoms with van der Waals surface area (Å²) in [6, 6.07) is 13.2. The van der Waals surface area contributed by atoms with Crippen molar-refractivity contribution in [1.29, 1.82) is 0 Å². The first kappa shape index (κ1) is 19.6. The first-order chi connectivity index (χ1) is 12.6.